The van der Waals surface area contributed by atoms with Gasteiger partial charge in [-0.1, -0.05) is 13.2 Å². The molecule has 1 amide bonds. The number of hydrogen-bond acceptors (Lipinski definition) is 4. The van der Waals surface area contributed by atoms with E-state index in [9.17, 15) is 14.4 Å². The van der Waals surface area contributed by atoms with Gasteiger partial charge in [0.1, 0.15) is 0 Å². The highest BCUT2D eigenvalue weighted by molar-refractivity contribution is 5.90. The molecule has 0 spiro atoms. The van der Waals surface area contributed by atoms with Crippen molar-refractivity contribution >= 4 is 18.0 Å². The summed E-state index contributed by atoms with van der Waals surface area (Å²) in [6, 6.07) is 0. The van der Waals surface area contributed by atoms with Crippen LogP contribution < -0.4 is 5.73 Å². The van der Waals surface area contributed by atoms with Crippen molar-refractivity contribution in [2.24, 2.45) is 5.73 Å². The first-order valence-corrected chi connectivity index (χ1v) is 2.93. The number of primary amides is 1. The molecule has 0 aliphatic heterocycles. The lowest BCUT2D eigenvalue weighted by Gasteiger charge is -1.88. The summed E-state index contributed by atoms with van der Waals surface area (Å²) in [7, 11) is 0. The third kappa shape index (κ3) is 17.7. The Hall–Kier alpha value is -2.11. The summed E-state index contributed by atoms with van der Waals surface area (Å²) in [6.07, 6.45) is 0.569. The number of rotatable bonds is 2. The summed E-state index contributed by atoms with van der Waals surface area (Å²) < 4.78 is 3.78. The summed E-state index contributed by atoms with van der Waals surface area (Å²) in [5.41, 5.74) is 4.44. The molecule has 0 saturated carbocycles. The van der Waals surface area contributed by atoms with E-state index in [4.69, 9.17) is 5.11 Å². The summed E-state index contributed by atoms with van der Waals surface area (Å²) >= 11 is 0. The molecule has 0 saturated heterocycles. The molecule has 0 aromatic heterocycles. The van der Waals surface area contributed by atoms with Crippen LogP contribution in [0.1, 0.15) is 0 Å². The number of carboxylic acid groups (broad SMARTS) is 1. The molecule has 6 heteroatoms. The number of hydrogen-bond donors (Lipinski definition) is 2. The third-order valence-corrected chi connectivity index (χ3v) is 0.542. The van der Waals surface area contributed by atoms with Gasteiger partial charge in [0.25, 0.3) is 0 Å². The standard InChI is InChI=1S/C4H5NO3.C3H4O2/c1-2-3(6)8-4(5)7;1-2-3(4)5/h2H,1H2,(H2,5,7);2H,1H2,(H,4,5). The van der Waals surface area contributed by atoms with Crippen molar-refractivity contribution in [3.63, 3.8) is 0 Å². The fourth-order valence-electron chi connectivity index (χ4n) is 0.141. The molecule has 0 heterocycles. The Kier molecular flexibility index (Phi) is 8.28. The van der Waals surface area contributed by atoms with E-state index in [1.807, 2.05) is 0 Å². The first-order chi connectivity index (χ1) is 5.93. The Morgan fingerprint density at radius 3 is 1.69 bits per heavy atom. The molecule has 0 unspecified atom stereocenters. The second-order valence-corrected chi connectivity index (χ2v) is 1.49. The predicted molar refractivity (Wildman–Crippen MR) is 43.7 cm³/mol. The monoisotopic (exact) mass is 187 g/mol. The molecule has 13 heavy (non-hydrogen) atoms. The largest absolute Gasteiger partial charge is 0.478 e. The zero-order chi connectivity index (χ0) is 10.9. The van der Waals surface area contributed by atoms with E-state index in [1.54, 1.807) is 0 Å². The van der Waals surface area contributed by atoms with Gasteiger partial charge in [0, 0.05) is 12.2 Å². The summed E-state index contributed by atoms with van der Waals surface area (Å²) in [6.45, 7) is 5.99. The molecule has 0 radical (unpaired) electrons. The first-order valence-electron chi connectivity index (χ1n) is 2.93. The molecule has 0 aromatic carbocycles. The highest BCUT2D eigenvalue weighted by Crippen LogP contribution is 1.75. The SMILES string of the molecule is C=CC(=O)O.C=CC(=O)OC(N)=O. The minimum Gasteiger partial charge on any atom is -0.478 e. The molecule has 0 aliphatic rings. The molecule has 0 fully saturated rings. The van der Waals surface area contributed by atoms with Crippen molar-refractivity contribution in [3.05, 3.63) is 25.3 Å². The minimum atomic E-state index is -1.12. The van der Waals surface area contributed by atoms with Crippen molar-refractivity contribution in [3.8, 4) is 0 Å². The molecule has 0 rings (SSSR count). The Morgan fingerprint density at radius 2 is 1.62 bits per heavy atom. The average molecular weight is 187 g/mol. The van der Waals surface area contributed by atoms with Gasteiger partial charge >= 0.3 is 18.0 Å². The van der Waals surface area contributed by atoms with Crippen LogP contribution in [-0.4, -0.2) is 23.1 Å². The van der Waals surface area contributed by atoms with E-state index >= 15 is 0 Å². The van der Waals surface area contributed by atoms with Gasteiger partial charge < -0.3 is 15.6 Å². The van der Waals surface area contributed by atoms with Crippen LogP contribution in [0.25, 0.3) is 0 Å². The maximum atomic E-state index is 9.98. The molecular weight excluding hydrogens is 178 g/mol. The van der Waals surface area contributed by atoms with Crippen LogP contribution >= 0.6 is 0 Å². The van der Waals surface area contributed by atoms with Crippen LogP contribution in [0.2, 0.25) is 0 Å². The Labute approximate surface area is 74.3 Å². The quantitative estimate of drug-likeness (QED) is 0.361. The van der Waals surface area contributed by atoms with Crippen molar-refractivity contribution in [2.75, 3.05) is 0 Å². The average Bonchev–Trinajstić information content (AvgIpc) is 2.04. The first kappa shape index (κ1) is 13.5. The van der Waals surface area contributed by atoms with Gasteiger partial charge in [-0.15, -0.1) is 0 Å². The summed E-state index contributed by atoms with van der Waals surface area (Å²) in [4.78, 5) is 28.9. The van der Waals surface area contributed by atoms with Crippen LogP contribution in [-0.2, 0) is 14.3 Å². The van der Waals surface area contributed by atoms with E-state index in [2.05, 4.69) is 23.6 Å². The predicted octanol–water partition coefficient (Wildman–Crippen LogP) is 0.0513. The maximum Gasteiger partial charge on any atom is 0.412 e. The van der Waals surface area contributed by atoms with E-state index in [1.165, 1.54) is 0 Å². The Balaban J connectivity index is 0. The number of ether oxygens (including phenoxy) is 1. The molecule has 0 bridgehead atoms. The normalized spacial score (nSPS) is 7.08. The zero-order valence-corrected chi connectivity index (χ0v) is 6.73. The number of carboxylic acids is 1. The zero-order valence-electron chi connectivity index (χ0n) is 6.73. The van der Waals surface area contributed by atoms with Gasteiger partial charge in [-0.05, 0) is 0 Å². The number of carbonyl (C=O) groups excluding carboxylic acids is 2. The number of nitrogens with two attached hydrogens (primary N) is 1. The molecule has 6 nitrogen and oxygen atoms in total. The lowest BCUT2D eigenvalue weighted by molar-refractivity contribution is -0.132. The maximum absolute atomic E-state index is 9.98. The molecule has 0 atom stereocenters. The highest BCUT2D eigenvalue weighted by Gasteiger charge is 1.97. The van der Waals surface area contributed by atoms with E-state index < -0.39 is 18.0 Å². The van der Waals surface area contributed by atoms with Crippen molar-refractivity contribution < 1.29 is 24.2 Å². The topological polar surface area (TPSA) is 107 Å². The molecule has 72 valence electrons. The van der Waals surface area contributed by atoms with Crippen LogP contribution in [0.5, 0.6) is 0 Å². The smallest absolute Gasteiger partial charge is 0.412 e. The van der Waals surface area contributed by atoms with Crippen LogP contribution in [0.15, 0.2) is 25.3 Å². The van der Waals surface area contributed by atoms with Crippen LogP contribution in [0.3, 0.4) is 0 Å². The third-order valence-electron chi connectivity index (χ3n) is 0.542. The molecule has 0 aromatic rings. The van der Waals surface area contributed by atoms with Gasteiger partial charge in [0.05, 0.1) is 0 Å². The Morgan fingerprint density at radius 1 is 1.23 bits per heavy atom. The van der Waals surface area contributed by atoms with E-state index in [-0.39, 0.29) is 0 Å². The van der Waals surface area contributed by atoms with Gasteiger partial charge in [0.15, 0.2) is 0 Å². The molecule has 3 N–H and O–H groups in total. The number of aliphatic carboxylic acids is 1. The van der Waals surface area contributed by atoms with Crippen molar-refractivity contribution in [2.45, 2.75) is 0 Å². The fraction of sp³-hybridized carbons (Fsp3) is 0. The van der Waals surface area contributed by atoms with E-state index in [0.717, 1.165) is 12.2 Å². The van der Waals surface area contributed by atoms with Crippen LogP contribution in [0, 0.1) is 0 Å². The van der Waals surface area contributed by atoms with Gasteiger partial charge in [0.2, 0.25) is 0 Å². The number of amides is 1. The Bertz CT molecular complexity index is 233. The second kappa shape index (κ2) is 7.99. The van der Waals surface area contributed by atoms with Crippen LogP contribution in [0.4, 0.5) is 4.79 Å². The number of carbonyl (C=O) groups is 3. The lowest BCUT2D eigenvalue weighted by Crippen LogP contribution is -2.16. The van der Waals surface area contributed by atoms with Gasteiger partial charge in [-0.25, -0.2) is 14.4 Å². The minimum absolute atomic E-state index is 0.833. The number of esters is 1. The molecular formula is C7H9NO5. The highest BCUT2D eigenvalue weighted by atomic mass is 16.6. The van der Waals surface area contributed by atoms with E-state index in [0.29, 0.717) is 0 Å². The van der Waals surface area contributed by atoms with Crippen molar-refractivity contribution in [1.82, 2.24) is 0 Å². The lowest BCUT2D eigenvalue weighted by atomic mass is 10.7. The second-order valence-electron chi connectivity index (χ2n) is 1.49. The summed E-state index contributed by atoms with van der Waals surface area (Å²) in [5.74, 6) is -1.82. The van der Waals surface area contributed by atoms with Gasteiger partial charge in [-0.2, -0.15) is 0 Å². The molecule has 0 aliphatic carbocycles. The fourth-order valence-corrected chi connectivity index (χ4v) is 0.141. The van der Waals surface area contributed by atoms with Gasteiger partial charge in [-0.3, -0.25) is 0 Å². The van der Waals surface area contributed by atoms with Crippen molar-refractivity contribution in [1.29, 1.82) is 0 Å². The summed E-state index contributed by atoms with van der Waals surface area (Å²) in [5, 5.41) is 7.60.